The van der Waals surface area contributed by atoms with Gasteiger partial charge in [0.1, 0.15) is 11.4 Å². The van der Waals surface area contributed by atoms with Gasteiger partial charge in [-0.1, -0.05) is 23.8 Å². The van der Waals surface area contributed by atoms with Gasteiger partial charge in [0.15, 0.2) is 0 Å². The minimum atomic E-state index is -0.529. The van der Waals surface area contributed by atoms with E-state index in [9.17, 15) is 10.1 Å². The first-order valence-corrected chi connectivity index (χ1v) is 5.60. The Morgan fingerprint density at radius 2 is 1.89 bits per heavy atom. The van der Waals surface area contributed by atoms with Gasteiger partial charge in [0, 0.05) is 0 Å². The number of hydrazine groups is 1. The zero-order valence-electron chi connectivity index (χ0n) is 10.3. The highest BCUT2D eigenvalue weighted by molar-refractivity contribution is 5.68. The fourth-order valence-corrected chi connectivity index (χ4v) is 1.64. The third-order valence-corrected chi connectivity index (χ3v) is 2.59. The number of para-hydroxylation sites is 1. The summed E-state index contributed by atoms with van der Waals surface area (Å²) in [6.45, 7) is 1.95. The Labute approximate surface area is 109 Å². The summed E-state index contributed by atoms with van der Waals surface area (Å²) in [4.78, 5) is 10.5. The summed E-state index contributed by atoms with van der Waals surface area (Å²) < 4.78 is 5.53. The molecule has 6 heteroatoms. The van der Waals surface area contributed by atoms with Crippen LogP contribution in [0.3, 0.4) is 0 Å². The van der Waals surface area contributed by atoms with Crippen LogP contribution in [0.15, 0.2) is 42.5 Å². The van der Waals surface area contributed by atoms with E-state index in [1.807, 2.05) is 19.1 Å². The quantitative estimate of drug-likeness (QED) is 0.500. The Morgan fingerprint density at radius 1 is 1.21 bits per heavy atom. The van der Waals surface area contributed by atoms with Crippen molar-refractivity contribution < 1.29 is 9.66 Å². The molecule has 0 spiro atoms. The third kappa shape index (κ3) is 2.80. The van der Waals surface area contributed by atoms with E-state index >= 15 is 0 Å². The van der Waals surface area contributed by atoms with Gasteiger partial charge in [-0.05, 0) is 31.2 Å². The Bertz CT molecular complexity index is 597. The first kappa shape index (κ1) is 12.8. The second-order valence-electron chi connectivity index (χ2n) is 3.97. The van der Waals surface area contributed by atoms with Crippen LogP contribution >= 0.6 is 0 Å². The molecule has 2 aromatic carbocycles. The highest BCUT2D eigenvalue weighted by Crippen LogP contribution is 2.36. The van der Waals surface area contributed by atoms with Crippen LogP contribution in [0.1, 0.15) is 5.56 Å². The van der Waals surface area contributed by atoms with Gasteiger partial charge in [-0.3, -0.25) is 16.0 Å². The van der Waals surface area contributed by atoms with Crippen molar-refractivity contribution >= 4 is 11.4 Å². The van der Waals surface area contributed by atoms with Crippen LogP contribution in [-0.2, 0) is 0 Å². The van der Waals surface area contributed by atoms with Crippen LogP contribution in [0.4, 0.5) is 11.4 Å². The van der Waals surface area contributed by atoms with Crippen molar-refractivity contribution in [2.75, 3.05) is 5.43 Å². The molecule has 0 saturated heterocycles. The van der Waals surface area contributed by atoms with Gasteiger partial charge in [0.2, 0.25) is 5.75 Å². The summed E-state index contributed by atoms with van der Waals surface area (Å²) in [7, 11) is 0. The van der Waals surface area contributed by atoms with Gasteiger partial charge < -0.3 is 10.2 Å². The number of nitrogens with zero attached hydrogens (tertiary/aromatic N) is 1. The molecule has 98 valence electrons. The number of ether oxygens (including phenoxy) is 1. The van der Waals surface area contributed by atoms with Gasteiger partial charge in [0.25, 0.3) is 0 Å². The van der Waals surface area contributed by atoms with Gasteiger partial charge in [-0.25, -0.2) is 0 Å². The molecule has 0 saturated carbocycles. The van der Waals surface area contributed by atoms with Crippen molar-refractivity contribution in [3.8, 4) is 11.5 Å². The molecule has 0 aliphatic carbocycles. The van der Waals surface area contributed by atoms with Crippen molar-refractivity contribution in [3.05, 3.63) is 58.1 Å². The van der Waals surface area contributed by atoms with Crippen LogP contribution < -0.4 is 16.0 Å². The lowest BCUT2D eigenvalue weighted by atomic mass is 10.2. The number of benzene rings is 2. The molecular formula is C13H13N3O3. The number of hydrogen-bond donors (Lipinski definition) is 2. The smallest absolute Gasteiger partial charge is 0.335 e. The normalized spacial score (nSPS) is 10.0. The molecule has 0 aliphatic heterocycles. The summed E-state index contributed by atoms with van der Waals surface area (Å²) in [6.07, 6.45) is 0. The first-order valence-electron chi connectivity index (χ1n) is 5.60. The topological polar surface area (TPSA) is 90.4 Å². The van der Waals surface area contributed by atoms with E-state index in [1.165, 1.54) is 12.1 Å². The molecule has 0 heterocycles. The van der Waals surface area contributed by atoms with Gasteiger partial charge >= 0.3 is 5.69 Å². The molecular weight excluding hydrogens is 246 g/mol. The maximum Gasteiger partial charge on any atom is 0.335 e. The molecule has 19 heavy (non-hydrogen) atoms. The van der Waals surface area contributed by atoms with Crippen molar-refractivity contribution in [3.63, 3.8) is 0 Å². The number of nitrogens with one attached hydrogen (secondary N) is 1. The first-order chi connectivity index (χ1) is 9.11. The predicted octanol–water partition coefficient (Wildman–Crippen LogP) is 2.98. The SMILES string of the molecule is Cc1ccc(Oc2cccc(NN)c2[N+](=O)[O-])cc1. The van der Waals surface area contributed by atoms with Crippen molar-refractivity contribution in [2.24, 2.45) is 5.84 Å². The lowest BCUT2D eigenvalue weighted by Crippen LogP contribution is -2.09. The van der Waals surface area contributed by atoms with E-state index in [1.54, 1.807) is 18.2 Å². The van der Waals surface area contributed by atoms with Crippen LogP contribution in [0.2, 0.25) is 0 Å². The van der Waals surface area contributed by atoms with Crippen LogP contribution in [0.25, 0.3) is 0 Å². The summed E-state index contributed by atoms with van der Waals surface area (Å²) >= 11 is 0. The maximum absolute atomic E-state index is 11.1. The zero-order valence-corrected chi connectivity index (χ0v) is 10.3. The minimum Gasteiger partial charge on any atom is -0.450 e. The van der Waals surface area contributed by atoms with Crippen molar-refractivity contribution in [1.82, 2.24) is 0 Å². The largest absolute Gasteiger partial charge is 0.450 e. The molecule has 3 N–H and O–H groups in total. The average Bonchev–Trinajstić information content (AvgIpc) is 2.40. The average molecular weight is 259 g/mol. The highest BCUT2D eigenvalue weighted by atomic mass is 16.6. The maximum atomic E-state index is 11.1. The van der Waals surface area contributed by atoms with Gasteiger partial charge in [-0.15, -0.1) is 0 Å². The molecule has 0 bridgehead atoms. The fourth-order valence-electron chi connectivity index (χ4n) is 1.64. The molecule has 6 nitrogen and oxygen atoms in total. The summed E-state index contributed by atoms with van der Waals surface area (Å²) in [5.74, 6) is 5.93. The second-order valence-corrected chi connectivity index (χ2v) is 3.97. The number of anilines is 1. The number of aryl methyl sites for hydroxylation is 1. The molecule has 0 radical (unpaired) electrons. The van der Waals surface area contributed by atoms with Crippen molar-refractivity contribution in [2.45, 2.75) is 6.92 Å². The van der Waals surface area contributed by atoms with Crippen molar-refractivity contribution in [1.29, 1.82) is 0 Å². The number of nitro benzene ring substituents is 1. The molecule has 0 aromatic heterocycles. The molecule has 0 amide bonds. The Kier molecular flexibility index (Phi) is 3.63. The monoisotopic (exact) mass is 259 g/mol. The number of rotatable bonds is 4. The van der Waals surface area contributed by atoms with E-state index in [0.717, 1.165) is 5.56 Å². The second kappa shape index (κ2) is 5.36. The minimum absolute atomic E-state index is 0.143. The van der Waals surface area contributed by atoms with E-state index in [0.29, 0.717) is 5.75 Å². The molecule has 0 unspecified atom stereocenters. The van der Waals surface area contributed by atoms with Crippen LogP contribution in [-0.4, -0.2) is 4.92 Å². The summed E-state index contributed by atoms with van der Waals surface area (Å²) in [6, 6.07) is 11.9. The highest BCUT2D eigenvalue weighted by Gasteiger charge is 2.20. The molecule has 2 aromatic rings. The zero-order chi connectivity index (χ0) is 13.8. The number of nitro groups is 1. The molecule has 0 aliphatic rings. The standard InChI is InChI=1S/C13H13N3O3/c1-9-5-7-10(8-6-9)19-12-4-2-3-11(15-14)13(12)16(17)18/h2-8,15H,14H2,1H3. The van der Waals surface area contributed by atoms with Crippen LogP contribution in [0.5, 0.6) is 11.5 Å². The Hall–Kier alpha value is -2.60. The predicted molar refractivity (Wildman–Crippen MR) is 72.2 cm³/mol. The van der Waals surface area contributed by atoms with Gasteiger partial charge in [0.05, 0.1) is 4.92 Å². The number of nitrogens with two attached hydrogens (primary N) is 1. The van der Waals surface area contributed by atoms with E-state index < -0.39 is 4.92 Å². The molecule has 0 fully saturated rings. The molecule has 0 atom stereocenters. The Balaban J connectivity index is 2.39. The Morgan fingerprint density at radius 3 is 2.47 bits per heavy atom. The summed E-state index contributed by atoms with van der Waals surface area (Å²) in [5, 5.41) is 11.1. The lowest BCUT2D eigenvalue weighted by molar-refractivity contribution is -0.384. The summed E-state index contributed by atoms with van der Waals surface area (Å²) in [5.41, 5.74) is 3.39. The van der Waals surface area contributed by atoms with Gasteiger partial charge in [-0.2, -0.15) is 0 Å². The fraction of sp³-hybridized carbons (Fsp3) is 0.0769. The van der Waals surface area contributed by atoms with E-state index in [4.69, 9.17) is 10.6 Å². The number of nitrogen functional groups attached to an aromatic ring is 1. The van der Waals surface area contributed by atoms with E-state index in [-0.39, 0.29) is 17.1 Å². The van der Waals surface area contributed by atoms with Crippen LogP contribution in [0, 0.1) is 17.0 Å². The lowest BCUT2D eigenvalue weighted by Gasteiger charge is -2.09. The molecule has 2 rings (SSSR count). The third-order valence-electron chi connectivity index (χ3n) is 2.59. The van der Waals surface area contributed by atoms with E-state index in [2.05, 4.69) is 5.43 Å². The number of hydrogen-bond acceptors (Lipinski definition) is 5.